The van der Waals surface area contributed by atoms with Crippen LogP contribution in [0.5, 0.6) is 23.0 Å². The van der Waals surface area contributed by atoms with E-state index in [2.05, 4.69) is 0 Å². The molecule has 0 fully saturated rings. The molecule has 0 spiro atoms. The van der Waals surface area contributed by atoms with E-state index in [9.17, 15) is 4.79 Å². The van der Waals surface area contributed by atoms with Crippen molar-refractivity contribution in [1.82, 2.24) is 4.90 Å². The van der Waals surface area contributed by atoms with Gasteiger partial charge in [0.15, 0.2) is 23.0 Å². The maximum absolute atomic E-state index is 13.3. The largest absolute Gasteiger partial charge is 0.454 e. The number of amides is 1. The Bertz CT molecular complexity index is 1070. The van der Waals surface area contributed by atoms with E-state index in [0.717, 1.165) is 22.4 Å². The second kappa shape index (κ2) is 7.99. The molecule has 0 saturated carbocycles. The normalized spacial score (nSPS) is 13.3. The van der Waals surface area contributed by atoms with Crippen LogP contribution in [0.3, 0.4) is 0 Å². The molecule has 0 aromatic heterocycles. The summed E-state index contributed by atoms with van der Waals surface area (Å²) in [5.41, 5.74) is 2.89. The Morgan fingerprint density at radius 3 is 2.43 bits per heavy atom. The lowest BCUT2D eigenvalue weighted by atomic mass is 10.1. The molecular formula is C24H21NO5. The molecular weight excluding hydrogens is 382 g/mol. The lowest BCUT2D eigenvalue weighted by Crippen LogP contribution is -2.31. The highest BCUT2D eigenvalue weighted by Crippen LogP contribution is 2.36. The van der Waals surface area contributed by atoms with Crippen LogP contribution in [0, 0.1) is 0 Å². The molecule has 0 aliphatic carbocycles. The number of carbonyl (C=O) groups is 1. The second-order valence-corrected chi connectivity index (χ2v) is 7.25. The summed E-state index contributed by atoms with van der Waals surface area (Å²) >= 11 is 0. The molecule has 2 heterocycles. The SMILES string of the molecule is O=C(Cc1ccc2c(c1)OCO2)N(Cc1ccccc1)Cc1cccc2c1OCO2. The molecule has 30 heavy (non-hydrogen) atoms. The van der Waals surface area contributed by atoms with Crippen molar-refractivity contribution >= 4 is 5.91 Å². The van der Waals surface area contributed by atoms with Gasteiger partial charge in [0.25, 0.3) is 0 Å². The van der Waals surface area contributed by atoms with E-state index in [4.69, 9.17) is 18.9 Å². The van der Waals surface area contributed by atoms with E-state index < -0.39 is 0 Å². The van der Waals surface area contributed by atoms with Crippen LogP contribution in [0.1, 0.15) is 16.7 Å². The summed E-state index contributed by atoms with van der Waals surface area (Å²) in [7, 11) is 0. The van der Waals surface area contributed by atoms with E-state index in [1.54, 1.807) is 0 Å². The number of hydrogen-bond acceptors (Lipinski definition) is 5. The Kier molecular flexibility index (Phi) is 4.89. The maximum Gasteiger partial charge on any atom is 0.231 e. The van der Waals surface area contributed by atoms with Crippen LogP contribution in [-0.4, -0.2) is 24.4 Å². The van der Waals surface area contributed by atoms with Gasteiger partial charge in [0.2, 0.25) is 19.5 Å². The molecule has 0 bridgehead atoms. The molecule has 3 aromatic carbocycles. The average Bonchev–Trinajstić information content (AvgIpc) is 3.43. The number of para-hydroxylation sites is 1. The number of ether oxygens (including phenoxy) is 4. The molecule has 6 nitrogen and oxygen atoms in total. The fraction of sp³-hybridized carbons (Fsp3) is 0.208. The summed E-state index contributed by atoms with van der Waals surface area (Å²) in [5, 5.41) is 0. The van der Waals surface area contributed by atoms with Crippen molar-refractivity contribution in [2.24, 2.45) is 0 Å². The summed E-state index contributed by atoms with van der Waals surface area (Å²) < 4.78 is 21.9. The minimum Gasteiger partial charge on any atom is -0.454 e. The fourth-order valence-corrected chi connectivity index (χ4v) is 3.69. The third kappa shape index (κ3) is 3.76. The number of hydrogen-bond donors (Lipinski definition) is 0. The molecule has 2 aliphatic rings. The Balaban J connectivity index is 1.39. The molecule has 0 unspecified atom stereocenters. The van der Waals surface area contributed by atoms with Gasteiger partial charge in [-0.25, -0.2) is 0 Å². The predicted octanol–water partition coefficient (Wildman–Crippen LogP) is 3.92. The van der Waals surface area contributed by atoms with Gasteiger partial charge in [-0.2, -0.15) is 0 Å². The van der Waals surface area contributed by atoms with E-state index in [0.29, 0.717) is 30.3 Å². The monoisotopic (exact) mass is 403 g/mol. The van der Waals surface area contributed by atoms with E-state index in [-0.39, 0.29) is 25.9 Å². The van der Waals surface area contributed by atoms with Gasteiger partial charge in [-0.15, -0.1) is 0 Å². The summed E-state index contributed by atoms with van der Waals surface area (Å²) in [4.78, 5) is 15.1. The zero-order valence-electron chi connectivity index (χ0n) is 16.4. The van der Waals surface area contributed by atoms with Gasteiger partial charge in [-0.3, -0.25) is 4.79 Å². The van der Waals surface area contributed by atoms with Gasteiger partial charge in [0, 0.05) is 18.7 Å². The highest BCUT2D eigenvalue weighted by atomic mass is 16.7. The highest BCUT2D eigenvalue weighted by Gasteiger charge is 2.22. The van der Waals surface area contributed by atoms with Crippen LogP contribution in [0.4, 0.5) is 0 Å². The van der Waals surface area contributed by atoms with Crippen LogP contribution in [0.15, 0.2) is 66.7 Å². The van der Waals surface area contributed by atoms with Gasteiger partial charge < -0.3 is 23.8 Å². The molecule has 6 heteroatoms. The van der Waals surface area contributed by atoms with E-state index in [1.807, 2.05) is 71.6 Å². The van der Waals surface area contributed by atoms with Crippen molar-refractivity contribution in [1.29, 1.82) is 0 Å². The van der Waals surface area contributed by atoms with Gasteiger partial charge in [0.1, 0.15) is 0 Å². The van der Waals surface area contributed by atoms with Crippen molar-refractivity contribution in [3.8, 4) is 23.0 Å². The van der Waals surface area contributed by atoms with Gasteiger partial charge in [-0.1, -0.05) is 48.5 Å². The second-order valence-electron chi connectivity index (χ2n) is 7.25. The number of fused-ring (bicyclic) bond motifs is 2. The van der Waals surface area contributed by atoms with Crippen molar-refractivity contribution in [3.63, 3.8) is 0 Å². The van der Waals surface area contributed by atoms with Crippen LogP contribution in [0.25, 0.3) is 0 Å². The molecule has 0 atom stereocenters. The number of carbonyl (C=O) groups excluding carboxylic acids is 1. The average molecular weight is 403 g/mol. The molecule has 5 rings (SSSR count). The number of benzene rings is 3. The van der Waals surface area contributed by atoms with E-state index in [1.165, 1.54) is 0 Å². The standard InChI is InChI=1S/C24H21NO5/c26-23(12-18-9-10-20-22(11-18)29-15-27-20)25(13-17-5-2-1-3-6-17)14-19-7-4-8-21-24(19)30-16-28-21/h1-11H,12-16H2. The van der Waals surface area contributed by atoms with Gasteiger partial charge in [-0.05, 0) is 29.3 Å². The molecule has 152 valence electrons. The number of rotatable bonds is 6. The first-order chi connectivity index (χ1) is 14.8. The van der Waals surface area contributed by atoms with Crippen LogP contribution < -0.4 is 18.9 Å². The van der Waals surface area contributed by atoms with E-state index >= 15 is 0 Å². The van der Waals surface area contributed by atoms with Crippen molar-refractivity contribution in [2.45, 2.75) is 19.5 Å². The first-order valence-corrected chi connectivity index (χ1v) is 9.84. The first-order valence-electron chi connectivity index (χ1n) is 9.84. The minimum atomic E-state index is 0.0224. The lowest BCUT2D eigenvalue weighted by molar-refractivity contribution is -0.131. The summed E-state index contributed by atoms with van der Waals surface area (Å²) in [6.07, 6.45) is 0.274. The Morgan fingerprint density at radius 1 is 0.733 bits per heavy atom. The third-order valence-corrected chi connectivity index (χ3v) is 5.20. The maximum atomic E-state index is 13.3. The Hall–Kier alpha value is -3.67. The Morgan fingerprint density at radius 2 is 1.53 bits per heavy atom. The molecule has 0 saturated heterocycles. The van der Waals surface area contributed by atoms with Gasteiger partial charge in [0.05, 0.1) is 6.42 Å². The minimum absolute atomic E-state index is 0.0224. The summed E-state index contributed by atoms with van der Waals surface area (Å²) in [6.45, 7) is 1.36. The zero-order chi connectivity index (χ0) is 20.3. The number of nitrogens with zero attached hydrogens (tertiary/aromatic N) is 1. The van der Waals surface area contributed by atoms with Crippen molar-refractivity contribution in [2.75, 3.05) is 13.6 Å². The van der Waals surface area contributed by atoms with Gasteiger partial charge >= 0.3 is 0 Å². The Labute approximate surface area is 174 Å². The summed E-state index contributed by atoms with van der Waals surface area (Å²) in [5.74, 6) is 2.85. The highest BCUT2D eigenvalue weighted by molar-refractivity contribution is 5.79. The molecule has 1 amide bonds. The molecule has 0 radical (unpaired) electrons. The van der Waals surface area contributed by atoms with Crippen molar-refractivity contribution < 1.29 is 23.7 Å². The van der Waals surface area contributed by atoms with Crippen LogP contribution in [-0.2, 0) is 24.3 Å². The molecule has 3 aromatic rings. The lowest BCUT2D eigenvalue weighted by Gasteiger charge is -2.24. The zero-order valence-corrected chi connectivity index (χ0v) is 16.4. The van der Waals surface area contributed by atoms with Crippen LogP contribution in [0.2, 0.25) is 0 Å². The van der Waals surface area contributed by atoms with Crippen LogP contribution >= 0.6 is 0 Å². The summed E-state index contributed by atoms with van der Waals surface area (Å²) in [6, 6.07) is 21.4. The van der Waals surface area contributed by atoms with Crippen molar-refractivity contribution in [3.05, 3.63) is 83.4 Å². The smallest absolute Gasteiger partial charge is 0.231 e. The topological polar surface area (TPSA) is 57.2 Å². The fourth-order valence-electron chi connectivity index (χ4n) is 3.69. The first kappa shape index (κ1) is 18.4. The predicted molar refractivity (Wildman–Crippen MR) is 110 cm³/mol. The third-order valence-electron chi connectivity index (χ3n) is 5.20. The molecule has 0 N–H and O–H groups in total. The quantitative estimate of drug-likeness (QED) is 0.625. The molecule has 2 aliphatic heterocycles.